The fraction of sp³-hybridized carbons (Fsp3) is 0.562. The number of hydrogen-bond donors (Lipinski definition) is 2. The fourth-order valence-electron chi connectivity index (χ4n) is 2.87. The van der Waals surface area contributed by atoms with Gasteiger partial charge in [0.25, 0.3) is 0 Å². The van der Waals surface area contributed by atoms with Gasteiger partial charge in [-0.05, 0) is 55.8 Å². The molecule has 3 nitrogen and oxygen atoms in total. The molecule has 1 saturated carbocycles. The summed E-state index contributed by atoms with van der Waals surface area (Å²) < 4.78 is 0. The molecule has 1 fully saturated rings. The van der Waals surface area contributed by atoms with Gasteiger partial charge in [0.1, 0.15) is 0 Å². The van der Waals surface area contributed by atoms with Crippen LogP contribution < -0.4 is 11.1 Å². The van der Waals surface area contributed by atoms with E-state index in [0.717, 1.165) is 18.4 Å². The van der Waals surface area contributed by atoms with E-state index < -0.39 is 0 Å². The summed E-state index contributed by atoms with van der Waals surface area (Å²) in [7, 11) is 0. The van der Waals surface area contributed by atoms with Gasteiger partial charge in [-0.15, -0.1) is 0 Å². The summed E-state index contributed by atoms with van der Waals surface area (Å²) in [6, 6.07) is 6.50. The average Bonchev–Trinajstić information content (AvgIpc) is 2.81. The number of nitrogens with one attached hydrogen (secondary N) is 1. The summed E-state index contributed by atoms with van der Waals surface area (Å²) in [4.78, 5) is 12.1. The Labute approximate surface area is 115 Å². The Balaban J connectivity index is 1.92. The van der Waals surface area contributed by atoms with Crippen molar-refractivity contribution in [1.29, 1.82) is 0 Å². The topological polar surface area (TPSA) is 55.1 Å². The molecule has 0 heterocycles. The second-order valence-electron chi connectivity index (χ2n) is 5.70. The van der Waals surface area contributed by atoms with Gasteiger partial charge in [-0.2, -0.15) is 0 Å². The first-order valence-electron chi connectivity index (χ1n) is 7.15. The maximum Gasteiger partial charge on any atom is 0.224 e. The predicted molar refractivity (Wildman–Crippen MR) is 77.9 cm³/mol. The first-order valence-corrected chi connectivity index (χ1v) is 7.15. The third-order valence-electron chi connectivity index (χ3n) is 4.24. The molecule has 0 bridgehead atoms. The minimum Gasteiger partial charge on any atom is -0.353 e. The molecule has 3 heteroatoms. The van der Waals surface area contributed by atoms with E-state index in [0.29, 0.717) is 18.9 Å². The van der Waals surface area contributed by atoms with E-state index >= 15 is 0 Å². The highest BCUT2D eigenvalue weighted by Gasteiger charge is 2.27. The quantitative estimate of drug-likeness (QED) is 0.871. The fourth-order valence-corrected chi connectivity index (χ4v) is 2.87. The Morgan fingerprint density at radius 3 is 2.79 bits per heavy atom. The van der Waals surface area contributed by atoms with Crippen LogP contribution in [0.5, 0.6) is 0 Å². The van der Waals surface area contributed by atoms with Crippen LogP contribution in [0, 0.1) is 19.8 Å². The highest BCUT2D eigenvalue weighted by molar-refractivity contribution is 5.79. The number of aryl methyl sites for hydroxylation is 2. The lowest BCUT2D eigenvalue weighted by molar-refractivity contribution is -0.121. The van der Waals surface area contributed by atoms with E-state index in [1.165, 1.54) is 17.5 Å². The van der Waals surface area contributed by atoms with Crippen LogP contribution in [0.1, 0.15) is 36.0 Å². The molecule has 1 aromatic rings. The van der Waals surface area contributed by atoms with Crippen molar-refractivity contribution in [3.8, 4) is 0 Å². The van der Waals surface area contributed by atoms with Gasteiger partial charge in [-0.3, -0.25) is 4.79 Å². The van der Waals surface area contributed by atoms with Crippen molar-refractivity contribution in [2.24, 2.45) is 11.7 Å². The molecule has 19 heavy (non-hydrogen) atoms. The Morgan fingerprint density at radius 1 is 1.32 bits per heavy atom. The molecule has 1 aliphatic carbocycles. The summed E-state index contributed by atoms with van der Waals surface area (Å²) in [5, 5.41) is 3.14. The zero-order valence-electron chi connectivity index (χ0n) is 11.9. The monoisotopic (exact) mass is 260 g/mol. The van der Waals surface area contributed by atoms with Crippen molar-refractivity contribution < 1.29 is 4.79 Å². The summed E-state index contributed by atoms with van der Waals surface area (Å²) in [5.74, 6) is 0.581. The molecule has 1 aliphatic rings. The number of nitrogens with two attached hydrogens (primary N) is 1. The van der Waals surface area contributed by atoms with Crippen LogP contribution in [0.15, 0.2) is 18.2 Å². The molecule has 0 saturated heterocycles. The Morgan fingerprint density at radius 2 is 2.11 bits per heavy atom. The summed E-state index contributed by atoms with van der Waals surface area (Å²) in [6.45, 7) is 4.84. The normalized spacial score (nSPS) is 22.5. The molecule has 104 valence electrons. The molecule has 3 N–H and O–H groups in total. The van der Waals surface area contributed by atoms with Gasteiger partial charge in [0.05, 0.1) is 6.42 Å². The van der Waals surface area contributed by atoms with E-state index in [1.54, 1.807) is 0 Å². The van der Waals surface area contributed by atoms with Crippen molar-refractivity contribution in [2.45, 2.75) is 45.6 Å². The predicted octanol–water partition coefficient (Wildman–Crippen LogP) is 2.09. The number of hydrogen-bond acceptors (Lipinski definition) is 2. The average molecular weight is 260 g/mol. The van der Waals surface area contributed by atoms with Crippen LogP contribution in [-0.4, -0.2) is 18.5 Å². The molecule has 0 radical (unpaired) electrons. The molecule has 2 rings (SSSR count). The molecular formula is C16H24N2O. The van der Waals surface area contributed by atoms with Gasteiger partial charge in [-0.1, -0.05) is 24.6 Å². The Bertz CT molecular complexity index is 456. The lowest BCUT2D eigenvalue weighted by atomic mass is 10.0. The van der Waals surface area contributed by atoms with Crippen molar-refractivity contribution in [1.82, 2.24) is 5.32 Å². The molecule has 1 amide bonds. The van der Waals surface area contributed by atoms with Crippen LogP contribution in [0.3, 0.4) is 0 Å². The molecule has 1 aromatic carbocycles. The van der Waals surface area contributed by atoms with E-state index in [2.05, 4.69) is 31.3 Å². The van der Waals surface area contributed by atoms with Crippen molar-refractivity contribution in [3.05, 3.63) is 34.9 Å². The lowest BCUT2D eigenvalue weighted by Crippen LogP contribution is -2.40. The number of carbonyl (C=O) groups is 1. The maximum absolute atomic E-state index is 12.1. The molecule has 0 aromatic heterocycles. The molecule has 2 unspecified atom stereocenters. The standard InChI is InChI=1S/C16H24N2O/c1-11-6-7-13(8-12(11)2)9-16(19)18-15-5-3-4-14(15)10-17/h6-8,14-15H,3-5,9-10,17H2,1-2H3,(H,18,19). The molecule has 0 spiro atoms. The Hall–Kier alpha value is -1.35. The van der Waals surface area contributed by atoms with Crippen molar-refractivity contribution in [2.75, 3.05) is 6.54 Å². The van der Waals surface area contributed by atoms with Crippen LogP contribution in [0.2, 0.25) is 0 Å². The Kier molecular flexibility index (Phi) is 4.59. The molecule has 2 atom stereocenters. The number of carbonyl (C=O) groups excluding carboxylic acids is 1. The SMILES string of the molecule is Cc1ccc(CC(=O)NC2CCCC2CN)cc1C. The number of rotatable bonds is 4. The van der Waals surface area contributed by atoms with Gasteiger partial charge in [0.2, 0.25) is 5.91 Å². The van der Waals surface area contributed by atoms with Gasteiger partial charge >= 0.3 is 0 Å². The van der Waals surface area contributed by atoms with E-state index in [1.807, 2.05) is 6.07 Å². The smallest absolute Gasteiger partial charge is 0.224 e. The first-order chi connectivity index (χ1) is 9.10. The second kappa shape index (κ2) is 6.20. The minimum atomic E-state index is 0.119. The van der Waals surface area contributed by atoms with Gasteiger partial charge in [0, 0.05) is 6.04 Å². The summed E-state index contributed by atoms with van der Waals surface area (Å²) in [6.07, 6.45) is 3.86. The minimum absolute atomic E-state index is 0.119. The number of benzene rings is 1. The number of amides is 1. The summed E-state index contributed by atoms with van der Waals surface area (Å²) >= 11 is 0. The second-order valence-corrected chi connectivity index (χ2v) is 5.70. The van der Waals surface area contributed by atoms with Gasteiger partial charge < -0.3 is 11.1 Å². The zero-order chi connectivity index (χ0) is 13.8. The van der Waals surface area contributed by atoms with Crippen LogP contribution in [0.4, 0.5) is 0 Å². The maximum atomic E-state index is 12.1. The largest absolute Gasteiger partial charge is 0.353 e. The van der Waals surface area contributed by atoms with Crippen molar-refractivity contribution >= 4 is 5.91 Å². The van der Waals surface area contributed by atoms with E-state index in [9.17, 15) is 4.79 Å². The zero-order valence-corrected chi connectivity index (χ0v) is 11.9. The third kappa shape index (κ3) is 3.57. The van der Waals surface area contributed by atoms with Crippen LogP contribution in [0.25, 0.3) is 0 Å². The van der Waals surface area contributed by atoms with Crippen molar-refractivity contribution in [3.63, 3.8) is 0 Å². The van der Waals surface area contributed by atoms with Crippen LogP contribution >= 0.6 is 0 Å². The lowest BCUT2D eigenvalue weighted by Gasteiger charge is -2.19. The van der Waals surface area contributed by atoms with E-state index in [4.69, 9.17) is 5.73 Å². The highest BCUT2D eigenvalue weighted by Crippen LogP contribution is 2.24. The highest BCUT2D eigenvalue weighted by atomic mass is 16.1. The van der Waals surface area contributed by atoms with Gasteiger partial charge in [-0.25, -0.2) is 0 Å². The first kappa shape index (κ1) is 14.1. The third-order valence-corrected chi connectivity index (χ3v) is 4.24. The van der Waals surface area contributed by atoms with Crippen LogP contribution in [-0.2, 0) is 11.2 Å². The molecular weight excluding hydrogens is 236 g/mol. The van der Waals surface area contributed by atoms with Gasteiger partial charge in [0.15, 0.2) is 0 Å². The van der Waals surface area contributed by atoms with E-state index in [-0.39, 0.29) is 11.9 Å². The summed E-state index contributed by atoms with van der Waals surface area (Å²) in [5.41, 5.74) is 9.33. The molecule has 0 aliphatic heterocycles.